The molecule has 1 fully saturated rings. The van der Waals surface area contributed by atoms with Gasteiger partial charge in [0.25, 0.3) is 0 Å². The first-order valence-electron chi connectivity index (χ1n) is 6.04. The zero-order valence-electron chi connectivity index (χ0n) is 10.8. The number of esters is 1. The van der Waals surface area contributed by atoms with Gasteiger partial charge in [0, 0.05) is 24.1 Å². The smallest absolute Gasteiger partial charge is 0.313 e. The number of Topliss-reactive ketones (excluding diaryl/α,β-unsaturated/α-hetero) is 1. The summed E-state index contributed by atoms with van der Waals surface area (Å²) in [7, 11) is 1.29. The molecule has 1 aromatic heterocycles. The minimum atomic E-state index is -0.475. The van der Waals surface area contributed by atoms with Gasteiger partial charge < -0.3 is 4.74 Å². The van der Waals surface area contributed by atoms with E-state index in [0.29, 0.717) is 0 Å². The van der Waals surface area contributed by atoms with Gasteiger partial charge in [-0.25, -0.2) is 4.68 Å². The van der Waals surface area contributed by atoms with Gasteiger partial charge in [0.1, 0.15) is 12.2 Å². The molecule has 2 rings (SSSR count). The third-order valence-electron chi connectivity index (χ3n) is 3.19. The van der Waals surface area contributed by atoms with E-state index in [1.165, 1.54) is 7.11 Å². The minimum absolute atomic E-state index is 0.0639. The standard InChI is InChI=1S/C12H17N3O3/c1-7(2)15-6-10(13-14-15)8-4-9(8)11(16)5-12(17)18-3/h6-9H,4-5H2,1-3H3/t8-,9-/m0/s1. The van der Waals surface area contributed by atoms with Crippen LogP contribution < -0.4 is 0 Å². The predicted octanol–water partition coefficient (Wildman–Crippen LogP) is 1.09. The van der Waals surface area contributed by atoms with Crippen LogP contribution in [-0.2, 0) is 14.3 Å². The Morgan fingerprint density at radius 2 is 2.28 bits per heavy atom. The van der Waals surface area contributed by atoms with Crippen molar-refractivity contribution in [2.75, 3.05) is 7.11 Å². The third-order valence-corrected chi connectivity index (χ3v) is 3.19. The first-order valence-corrected chi connectivity index (χ1v) is 6.04. The first-order chi connectivity index (χ1) is 8.52. The second-order valence-electron chi connectivity index (χ2n) is 4.89. The zero-order chi connectivity index (χ0) is 13.3. The Bertz CT molecular complexity index is 467. The van der Waals surface area contributed by atoms with Crippen LogP contribution in [0.3, 0.4) is 0 Å². The van der Waals surface area contributed by atoms with Crippen molar-refractivity contribution in [1.29, 1.82) is 0 Å². The summed E-state index contributed by atoms with van der Waals surface area (Å²) in [4.78, 5) is 22.8. The molecule has 1 heterocycles. The van der Waals surface area contributed by atoms with Crippen LogP contribution in [0.1, 0.15) is 44.3 Å². The quantitative estimate of drug-likeness (QED) is 0.578. The lowest BCUT2D eigenvalue weighted by atomic mass is 10.1. The first kappa shape index (κ1) is 12.7. The van der Waals surface area contributed by atoms with Gasteiger partial charge >= 0.3 is 5.97 Å². The lowest BCUT2D eigenvalue weighted by Crippen LogP contribution is -2.11. The van der Waals surface area contributed by atoms with E-state index in [4.69, 9.17) is 0 Å². The Kier molecular flexibility index (Phi) is 3.45. The number of rotatable bonds is 5. The molecule has 6 heteroatoms. The molecule has 98 valence electrons. The molecule has 1 saturated carbocycles. The van der Waals surface area contributed by atoms with E-state index >= 15 is 0 Å². The molecule has 1 aliphatic carbocycles. The van der Waals surface area contributed by atoms with Crippen molar-refractivity contribution in [3.8, 4) is 0 Å². The number of nitrogens with zero attached hydrogens (tertiary/aromatic N) is 3. The second-order valence-corrected chi connectivity index (χ2v) is 4.89. The minimum Gasteiger partial charge on any atom is -0.469 e. The van der Waals surface area contributed by atoms with Crippen molar-refractivity contribution < 1.29 is 14.3 Å². The third kappa shape index (κ3) is 2.57. The normalized spacial score (nSPS) is 22.0. The van der Waals surface area contributed by atoms with Crippen molar-refractivity contribution in [2.45, 2.75) is 38.6 Å². The number of carbonyl (C=O) groups excluding carboxylic acids is 2. The fourth-order valence-corrected chi connectivity index (χ4v) is 1.94. The van der Waals surface area contributed by atoms with Crippen LogP contribution in [-0.4, -0.2) is 33.9 Å². The molecule has 6 nitrogen and oxygen atoms in total. The molecule has 18 heavy (non-hydrogen) atoms. The molecule has 1 aliphatic rings. The number of methoxy groups -OCH3 is 1. The average molecular weight is 251 g/mol. The number of aromatic nitrogens is 3. The fourth-order valence-electron chi connectivity index (χ4n) is 1.94. The largest absolute Gasteiger partial charge is 0.469 e. The molecule has 0 spiro atoms. The number of carbonyl (C=O) groups is 2. The Morgan fingerprint density at radius 3 is 2.83 bits per heavy atom. The highest BCUT2D eigenvalue weighted by Gasteiger charge is 2.45. The van der Waals surface area contributed by atoms with Crippen LogP contribution in [0.15, 0.2) is 6.20 Å². The van der Waals surface area contributed by atoms with E-state index < -0.39 is 5.97 Å². The molecular formula is C12H17N3O3. The lowest BCUT2D eigenvalue weighted by molar-refractivity contribution is -0.143. The van der Waals surface area contributed by atoms with Crippen molar-refractivity contribution in [3.63, 3.8) is 0 Å². The molecule has 0 bridgehead atoms. The fraction of sp³-hybridized carbons (Fsp3) is 0.667. The van der Waals surface area contributed by atoms with Crippen molar-refractivity contribution in [1.82, 2.24) is 15.0 Å². The van der Waals surface area contributed by atoms with Crippen molar-refractivity contribution >= 4 is 11.8 Å². The molecule has 0 radical (unpaired) electrons. The van der Waals surface area contributed by atoms with Gasteiger partial charge in [0.05, 0.1) is 12.8 Å². The number of hydrogen-bond acceptors (Lipinski definition) is 5. The maximum atomic E-state index is 11.7. The molecule has 0 unspecified atom stereocenters. The summed E-state index contributed by atoms with van der Waals surface area (Å²) in [5.41, 5.74) is 0.840. The Morgan fingerprint density at radius 1 is 1.56 bits per heavy atom. The van der Waals surface area contributed by atoms with Gasteiger partial charge in [-0.15, -0.1) is 5.10 Å². The maximum absolute atomic E-state index is 11.7. The highest BCUT2D eigenvalue weighted by atomic mass is 16.5. The summed E-state index contributed by atoms with van der Waals surface area (Å²) >= 11 is 0. The second kappa shape index (κ2) is 4.88. The van der Waals surface area contributed by atoms with E-state index in [2.05, 4.69) is 15.0 Å². The van der Waals surface area contributed by atoms with Crippen LogP contribution in [0.25, 0.3) is 0 Å². The summed E-state index contributed by atoms with van der Waals surface area (Å²) < 4.78 is 6.26. The highest BCUT2D eigenvalue weighted by Crippen LogP contribution is 2.47. The van der Waals surface area contributed by atoms with Gasteiger partial charge in [0.2, 0.25) is 0 Å². The van der Waals surface area contributed by atoms with Gasteiger partial charge in [-0.2, -0.15) is 0 Å². The van der Waals surface area contributed by atoms with Gasteiger partial charge in [-0.3, -0.25) is 9.59 Å². The Balaban J connectivity index is 1.94. The zero-order valence-corrected chi connectivity index (χ0v) is 10.8. The van der Waals surface area contributed by atoms with Crippen LogP contribution >= 0.6 is 0 Å². The number of hydrogen-bond donors (Lipinski definition) is 0. The molecule has 2 atom stereocenters. The topological polar surface area (TPSA) is 74.1 Å². The Hall–Kier alpha value is -1.72. The van der Waals surface area contributed by atoms with E-state index in [-0.39, 0.29) is 30.1 Å². The Labute approximate surface area is 105 Å². The van der Waals surface area contributed by atoms with Crippen LogP contribution in [0.5, 0.6) is 0 Å². The summed E-state index contributed by atoms with van der Waals surface area (Å²) in [6.07, 6.45) is 2.49. The summed E-state index contributed by atoms with van der Waals surface area (Å²) in [5, 5.41) is 8.09. The van der Waals surface area contributed by atoms with Crippen LogP contribution in [0.4, 0.5) is 0 Å². The number of ether oxygens (including phenoxy) is 1. The van der Waals surface area contributed by atoms with E-state index in [1.807, 2.05) is 20.0 Å². The lowest BCUT2D eigenvalue weighted by Gasteiger charge is -2.01. The van der Waals surface area contributed by atoms with E-state index in [1.54, 1.807) is 4.68 Å². The number of ketones is 1. The van der Waals surface area contributed by atoms with Crippen LogP contribution in [0.2, 0.25) is 0 Å². The van der Waals surface area contributed by atoms with Crippen molar-refractivity contribution in [3.05, 3.63) is 11.9 Å². The highest BCUT2D eigenvalue weighted by molar-refractivity contribution is 5.98. The van der Waals surface area contributed by atoms with Crippen molar-refractivity contribution in [2.24, 2.45) is 5.92 Å². The van der Waals surface area contributed by atoms with Crippen LogP contribution in [0, 0.1) is 5.92 Å². The monoisotopic (exact) mass is 251 g/mol. The van der Waals surface area contributed by atoms with Gasteiger partial charge in [0.15, 0.2) is 0 Å². The SMILES string of the molecule is COC(=O)CC(=O)[C@H]1C[C@@H]1c1cn(C(C)C)nn1. The van der Waals surface area contributed by atoms with Gasteiger partial charge in [-0.1, -0.05) is 5.21 Å². The molecule has 1 aromatic rings. The molecule has 0 aromatic carbocycles. The average Bonchev–Trinajstić information content (AvgIpc) is 2.98. The maximum Gasteiger partial charge on any atom is 0.313 e. The molecule has 0 saturated heterocycles. The summed E-state index contributed by atoms with van der Waals surface area (Å²) in [6, 6.07) is 0.259. The predicted molar refractivity (Wildman–Crippen MR) is 62.9 cm³/mol. The van der Waals surface area contributed by atoms with E-state index in [9.17, 15) is 9.59 Å². The molecule has 0 amide bonds. The van der Waals surface area contributed by atoms with E-state index in [0.717, 1.165) is 12.1 Å². The summed E-state index contributed by atoms with van der Waals surface area (Å²) in [5.74, 6) is -0.515. The molecular weight excluding hydrogens is 234 g/mol. The molecule has 0 aliphatic heterocycles. The summed E-state index contributed by atoms with van der Waals surface area (Å²) in [6.45, 7) is 4.04. The molecule has 0 N–H and O–H groups in total. The van der Waals surface area contributed by atoms with Gasteiger partial charge in [-0.05, 0) is 20.3 Å².